The number of likely N-dealkylation sites (tertiary alicyclic amines) is 1. The zero-order valence-corrected chi connectivity index (χ0v) is 16.2. The molecule has 1 saturated heterocycles. The Morgan fingerprint density at radius 1 is 1.07 bits per heavy atom. The standard InChI is InChI=1S/C23H24N4O2/c28-23(19-7-5-13-27(17-19)16-18-6-3-11-24-14-18)26-21-9-1-2-10-22(21)29-20-8-4-12-25-15-20/h1-4,6,8-12,14-15,19H,5,7,13,16-17H2,(H,26,28)/t19-/m1/s1. The van der Waals surface area contributed by atoms with Gasteiger partial charge in [0.2, 0.25) is 5.91 Å². The number of rotatable bonds is 6. The number of ether oxygens (including phenoxy) is 1. The lowest BCUT2D eigenvalue weighted by Crippen LogP contribution is -2.40. The second kappa shape index (κ2) is 9.30. The fourth-order valence-corrected chi connectivity index (χ4v) is 3.59. The topological polar surface area (TPSA) is 67.3 Å². The van der Waals surface area contributed by atoms with Crippen molar-refractivity contribution < 1.29 is 9.53 Å². The molecule has 1 N–H and O–H groups in total. The van der Waals surface area contributed by atoms with Gasteiger partial charge in [-0.15, -0.1) is 0 Å². The molecule has 1 aliphatic rings. The molecule has 0 spiro atoms. The van der Waals surface area contributed by atoms with Crippen molar-refractivity contribution in [3.05, 3.63) is 78.9 Å². The molecule has 3 aromatic rings. The Labute approximate surface area is 170 Å². The van der Waals surface area contributed by atoms with Crippen molar-refractivity contribution in [2.24, 2.45) is 5.92 Å². The lowest BCUT2D eigenvalue weighted by molar-refractivity contribution is -0.121. The third-order valence-corrected chi connectivity index (χ3v) is 5.01. The molecule has 148 valence electrons. The Morgan fingerprint density at radius 3 is 2.69 bits per heavy atom. The SMILES string of the molecule is O=C(Nc1ccccc1Oc1cccnc1)[C@@H]1CCCN(Cc2cccnc2)C1. The summed E-state index contributed by atoms with van der Waals surface area (Å²) in [6, 6.07) is 15.2. The number of carbonyl (C=O) groups is 1. The van der Waals surface area contributed by atoms with Gasteiger partial charge in [-0.2, -0.15) is 0 Å². The van der Waals surface area contributed by atoms with E-state index in [1.54, 1.807) is 18.6 Å². The van der Waals surface area contributed by atoms with Crippen LogP contribution >= 0.6 is 0 Å². The van der Waals surface area contributed by atoms with E-state index < -0.39 is 0 Å². The summed E-state index contributed by atoms with van der Waals surface area (Å²) in [5, 5.41) is 3.06. The molecule has 0 bridgehead atoms. The first-order valence-electron chi connectivity index (χ1n) is 9.87. The smallest absolute Gasteiger partial charge is 0.228 e. The van der Waals surface area contributed by atoms with Crippen LogP contribution < -0.4 is 10.1 Å². The minimum absolute atomic E-state index is 0.0307. The molecule has 2 aromatic heterocycles. The van der Waals surface area contributed by atoms with Crippen LogP contribution in [0.3, 0.4) is 0 Å². The quantitative estimate of drug-likeness (QED) is 0.688. The third-order valence-electron chi connectivity index (χ3n) is 5.01. The maximum Gasteiger partial charge on any atom is 0.228 e. The molecule has 1 aliphatic heterocycles. The molecule has 1 fully saturated rings. The van der Waals surface area contributed by atoms with Gasteiger partial charge in [0.15, 0.2) is 5.75 Å². The second-order valence-electron chi connectivity index (χ2n) is 7.21. The van der Waals surface area contributed by atoms with Gasteiger partial charge in [0, 0.05) is 31.7 Å². The zero-order chi connectivity index (χ0) is 19.9. The maximum absolute atomic E-state index is 13.0. The van der Waals surface area contributed by atoms with E-state index in [1.165, 1.54) is 5.56 Å². The van der Waals surface area contributed by atoms with Crippen LogP contribution in [0, 0.1) is 5.92 Å². The number of benzene rings is 1. The van der Waals surface area contributed by atoms with Crippen LogP contribution in [0.5, 0.6) is 11.5 Å². The molecule has 0 saturated carbocycles. The minimum atomic E-state index is -0.0492. The lowest BCUT2D eigenvalue weighted by atomic mass is 9.96. The van der Waals surface area contributed by atoms with E-state index in [0.29, 0.717) is 17.2 Å². The highest BCUT2D eigenvalue weighted by Gasteiger charge is 2.26. The first-order chi connectivity index (χ1) is 14.3. The molecular weight excluding hydrogens is 364 g/mol. The molecule has 29 heavy (non-hydrogen) atoms. The summed E-state index contributed by atoms with van der Waals surface area (Å²) in [6.07, 6.45) is 8.90. The summed E-state index contributed by atoms with van der Waals surface area (Å²) < 4.78 is 5.90. The Kier molecular flexibility index (Phi) is 6.12. The molecule has 6 nitrogen and oxygen atoms in total. The van der Waals surface area contributed by atoms with Crippen LogP contribution in [-0.4, -0.2) is 33.9 Å². The first kappa shape index (κ1) is 19.1. The second-order valence-corrected chi connectivity index (χ2v) is 7.21. The number of piperidine rings is 1. The number of para-hydroxylation sites is 2. The van der Waals surface area contributed by atoms with E-state index in [1.807, 2.05) is 48.7 Å². The van der Waals surface area contributed by atoms with Gasteiger partial charge in [-0.3, -0.25) is 19.7 Å². The van der Waals surface area contributed by atoms with E-state index in [2.05, 4.69) is 26.3 Å². The van der Waals surface area contributed by atoms with Crippen molar-refractivity contribution in [3.63, 3.8) is 0 Å². The van der Waals surface area contributed by atoms with E-state index in [9.17, 15) is 4.79 Å². The van der Waals surface area contributed by atoms with E-state index in [0.717, 1.165) is 32.5 Å². The summed E-state index contributed by atoms with van der Waals surface area (Å²) in [7, 11) is 0. The molecule has 1 aromatic carbocycles. The Hall–Kier alpha value is -3.25. The summed E-state index contributed by atoms with van der Waals surface area (Å²) in [6.45, 7) is 2.56. The average Bonchev–Trinajstić information content (AvgIpc) is 2.77. The molecule has 1 amide bonds. The van der Waals surface area contributed by atoms with Crippen LogP contribution in [0.4, 0.5) is 5.69 Å². The molecule has 0 aliphatic carbocycles. The molecule has 4 rings (SSSR count). The molecular formula is C23H24N4O2. The Morgan fingerprint density at radius 2 is 1.90 bits per heavy atom. The van der Waals surface area contributed by atoms with Crippen molar-refractivity contribution in [1.29, 1.82) is 0 Å². The Balaban J connectivity index is 1.40. The van der Waals surface area contributed by atoms with Crippen LogP contribution in [-0.2, 0) is 11.3 Å². The van der Waals surface area contributed by atoms with Gasteiger partial charge in [-0.25, -0.2) is 0 Å². The molecule has 0 radical (unpaired) electrons. The Bertz CT molecular complexity index is 934. The molecule has 6 heteroatoms. The highest BCUT2D eigenvalue weighted by atomic mass is 16.5. The van der Waals surface area contributed by atoms with Crippen LogP contribution in [0.25, 0.3) is 0 Å². The van der Waals surface area contributed by atoms with Gasteiger partial charge in [0.25, 0.3) is 0 Å². The first-order valence-corrected chi connectivity index (χ1v) is 9.87. The number of anilines is 1. The predicted molar refractivity (Wildman–Crippen MR) is 112 cm³/mol. The number of carbonyl (C=O) groups excluding carboxylic acids is 1. The normalized spacial score (nSPS) is 16.9. The summed E-state index contributed by atoms with van der Waals surface area (Å²) in [5.41, 5.74) is 1.84. The number of hydrogen-bond donors (Lipinski definition) is 1. The average molecular weight is 388 g/mol. The van der Waals surface area contributed by atoms with Crippen LogP contribution in [0.15, 0.2) is 73.3 Å². The predicted octanol–water partition coefficient (Wildman–Crippen LogP) is 4.12. The molecule has 1 atom stereocenters. The summed E-state index contributed by atoms with van der Waals surface area (Å²) in [4.78, 5) is 23.5. The number of hydrogen-bond acceptors (Lipinski definition) is 5. The van der Waals surface area contributed by atoms with Gasteiger partial charge < -0.3 is 10.1 Å². The van der Waals surface area contributed by atoms with Crippen LogP contribution in [0.1, 0.15) is 18.4 Å². The largest absolute Gasteiger partial charge is 0.454 e. The van der Waals surface area contributed by atoms with Crippen LogP contribution in [0.2, 0.25) is 0 Å². The van der Waals surface area contributed by atoms with Crippen molar-refractivity contribution in [1.82, 2.24) is 14.9 Å². The van der Waals surface area contributed by atoms with Crippen molar-refractivity contribution >= 4 is 11.6 Å². The molecule has 3 heterocycles. The minimum Gasteiger partial charge on any atom is -0.454 e. The van der Waals surface area contributed by atoms with Crippen molar-refractivity contribution in [2.45, 2.75) is 19.4 Å². The van der Waals surface area contributed by atoms with Gasteiger partial charge in [0.1, 0.15) is 5.75 Å². The summed E-state index contributed by atoms with van der Waals surface area (Å²) >= 11 is 0. The maximum atomic E-state index is 13.0. The number of amides is 1. The zero-order valence-electron chi connectivity index (χ0n) is 16.2. The fourth-order valence-electron chi connectivity index (χ4n) is 3.59. The van der Waals surface area contributed by atoms with E-state index >= 15 is 0 Å². The highest BCUT2D eigenvalue weighted by Crippen LogP contribution is 2.30. The number of pyridine rings is 2. The summed E-state index contributed by atoms with van der Waals surface area (Å²) in [5.74, 6) is 1.22. The van der Waals surface area contributed by atoms with E-state index in [-0.39, 0.29) is 11.8 Å². The number of aromatic nitrogens is 2. The lowest BCUT2D eigenvalue weighted by Gasteiger charge is -2.32. The van der Waals surface area contributed by atoms with Crippen molar-refractivity contribution in [3.8, 4) is 11.5 Å². The molecule has 0 unspecified atom stereocenters. The third kappa shape index (κ3) is 5.18. The van der Waals surface area contributed by atoms with E-state index in [4.69, 9.17) is 4.74 Å². The van der Waals surface area contributed by atoms with Gasteiger partial charge >= 0.3 is 0 Å². The van der Waals surface area contributed by atoms with Gasteiger partial charge in [-0.05, 0) is 55.3 Å². The number of nitrogens with zero attached hydrogens (tertiary/aromatic N) is 3. The number of nitrogens with one attached hydrogen (secondary N) is 1. The fraction of sp³-hybridized carbons (Fsp3) is 0.261. The monoisotopic (exact) mass is 388 g/mol. The van der Waals surface area contributed by atoms with Gasteiger partial charge in [0.05, 0.1) is 17.8 Å². The van der Waals surface area contributed by atoms with Crippen molar-refractivity contribution in [2.75, 3.05) is 18.4 Å². The van der Waals surface area contributed by atoms with Gasteiger partial charge in [-0.1, -0.05) is 18.2 Å². The highest BCUT2D eigenvalue weighted by molar-refractivity contribution is 5.94.